The van der Waals surface area contributed by atoms with E-state index in [1.54, 1.807) is 0 Å². The topological polar surface area (TPSA) is 55.8 Å². The van der Waals surface area contributed by atoms with Crippen LogP contribution in [0.15, 0.2) is 24.3 Å². The molecule has 0 bridgehead atoms. The molecule has 1 aliphatic heterocycles. The van der Waals surface area contributed by atoms with Crippen LogP contribution >= 0.6 is 0 Å². The van der Waals surface area contributed by atoms with Gasteiger partial charge in [-0.25, -0.2) is 4.79 Å². The molecule has 2 rings (SSSR count). The number of aliphatic carboxylic acids is 1. The Labute approximate surface area is 99.5 Å². The van der Waals surface area contributed by atoms with Gasteiger partial charge in [0.2, 0.25) is 5.79 Å². The summed E-state index contributed by atoms with van der Waals surface area (Å²) in [4.78, 5) is 10.5. The molecule has 0 saturated carbocycles. The number of carboxylic acids is 1. The van der Waals surface area contributed by atoms with Crippen LogP contribution in [0, 0.1) is 0 Å². The van der Waals surface area contributed by atoms with Crippen LogP contribution in [-0.4, -0.2) is 16.9 Å². The van der Waals surface area contributed by atoms with Crippen LogP contribution in [0.5, 0.6) is 5.75 Å². The van der Waals surface area contributed by atoms with Crippen LogP contribution in [-0.2, 0) is 16.1 Å². The summed E-state index contributed by atoms with van der Waals surface area (Å²) in [6.07, 6.45) is 2.63. The van der Waals surface area contributed by atoms with Crippen LogP contribution in [0.3, 0.4) is 0 Å². The summed E-state index contributed by atoms with van der Waals surface area (Å²) in [5.41, 5.74) is 1.68. The molecule has 1 heterocycles. The number of para-hydroxylation sites is 1. The first kappa shape index (κ1) is 11.7. The number of ether oxygens (including phenoxy) is 2. The Morgan fingerprint density at radius 3 is 2.94 bits per heavy atom. The molecule has 4 heteroatoms. The largest absolute Gasteiger partial charge is 0.478 e. The van der Waals surface area contributed by atoms with Crippen molar-refractivity contribution in [2.45, 2.75) is 26.2 Å². The first-order valence-electron chi connectivity index (χ1n) is 5.34. The fraction of sp³-hybridized carbons (Fsp3) is 0.308. The number of carboxylic acid groups (broad SMARTS) is 1. The molecule has 1 N–H and O–H groups in total. The zero-order chi connectivity index (χ0) is 12.5. The fourth-order valence-corrected chi connectivity index (χ4v) is 1.66. The summed E-state index contributed by atoms with van der Waals surface area (Å²) < 4.78 is 11.2. The third-order valence-electron chi connectivity index (χ3n) is 2.46. The second-order valence-corrected chi connectivity index (χ2v) is 4.30. The van der Waals surface area contributed by atoms with E-state index in [1.807, 2.05) is 32.0 Å². The van der Waals surface area contributed by atoms with E-state index >= 15 is 0 Å². The Bertz CT molecular complexity index is 474. The number of benzene rings is 1. The van der Waals surface area contributed by atoms with Crippen molar-refractivity contribution in [3.8, 4) is 5.75 Å². The lowest BCUT2D eigenvalue weighted by atomic mass is 10.1. The molecule has 17 heavy (non-hydrogen) atoms. The Hall–Kier alpha value is -1.81. The van der Waals surface area contributed by atoms with Crippen molar-refractivity contribution in [3.05, 3.63) is 35.4 Å². The number of fused-ring (bicyclic) bond motifs is 1. The van der Waals surface area contributed by atoms with E-state index in [-0.39, 0.29) is 0 Å². The van der Waals surface area contributed by atoms with Crippen LogP contribution in [0.2, 0.25) is 0 Å². The molecule has 0 unspecified atom stereocenters. The first-order valence-corrected chi connectivity index (χ1v) is 5.34. The van der Waals surface area contributed by atoms with Crippen LogP contribution in [0.25, 0.3) is 6.08 Å². The molecule has 0 spiro atoms. The molecule has 0 saturated heterocycles. The van der Waals surface area contributed by atoms with Gasteiger partial charge in [0.15, 0.2) is 0 Å². The molecule has 0 radical (unpaired) electrons. The third-order valence-corrected chi connectivity index (χ3v) is 2.46. The lowest BCUT2D eigenvalue weighted by Gasteiger charge is -2.33. The van der Waals surface area contributed by atoms with Gasteiger partial charge >= 0.3 is 5.97 Å². The number of hydrogen-bond acceptors (Lipinski definition) is 3. The molecule has 0 aliphatic carbocycles. The summed E-state index contributed by atoms with van der Waals surface area (Å²) in [6, 6.07) is 5.58. The van der Waals surface area contributed by atoms with Crippen molar-refractivity contribution in [2.75, 3.05) is 0 Å². The lowest BCUT2D eigenvalue weighted by Crippen LogP contribution is -2.35. The van der Waals surface area contributed by atoms with Gasteiger partial charge in [-0.1, -0.05) is 18.2 Å². The Morgan fingerprint density at radius 1 is 1.47 bits per heavy atom. The summed E-state index contributed by atoms with van der Waals surface area (Å²) in [5.74, 6) is -0.963. The van der Waals surface area contributed by atoms with E-state index < -0.39 is 11.8 Å². The fourth-order valence-electron chi connectivity index (χ4n) is 1.66. The van der Waals surface area contributed by atoms with E-state index in [0.717, 1.165) is 17.2 Å². The molecule has 0 amide bonds. The van der Waals surface area contributed by atoms with Crippen LogP contribution < -0.4 is 4.74 Å². The van der Waals surface area contributed by atoms with E-state index in [1.165, 1.54) is 6.08 Å². The van der Waals surface area contributed by atoms with Gasteiger partial charge < -0.3 is 14.6 Å². The molecule has 0 fully saturated rings. The Balaban J connectivity index is 2.39. The first-order chi connectivity index (χ1) is 7.98. The maximum absolute atomic E-state index is 10.5. The summed E-state index contributed by atoms with van der Waals surface area (Å²) >= 11 is 0. The highest BCUT2D eigenvalue weighted by Gasteiger charge is 2.28. The summed E-state index contributed by atoms with van der Waals surface area (Å²) in [5, 5.41) is 8.63. The minimum Gasteiger partial charge on any atom is -0.478 e. The normalized spacial score (nSPS) is 17.5. The predicted octanol–water partition coefficient (Wildman–Crippen LogP) is 2.43. The maximum atomic E-state index is 10.5. The average molecular weight is 234 g/mol. The minimum absolute atomic E-state index is 0.469. The van der Waals surface area contributed by atoms with Crippen molar-refractivity contribution in [1.82, 2.24) is 0 Å². The van der Waals surface area contributed by atoms with Crippen molar-refractivity contribution in [3.63, 3.8) is 0 Å². The van der Waals surface area contributed by atoms with Crippen molar-refractivity contribution in [2.24, 2.45) is 0 Å². The van der Waals surface area contributed by atoms with E-state index in [4.69, 9.17) is 14.6 Å². The van der Waals surface area contributed by atoms with Gasteiger partial charge in [-0.3, -0.25) is 0 Å². The number of rotatable bonds is 2. The average Bonchev–Trinajstić information content (AvgIpc) is 2.25. The van der Waals surface area contributed by atoms with Gasteiger partial charge in [0.1, 0.15) is 5.75 Å². The predicted molar refractivity (Wildman–Crippen MR) is 62.6 cm³/mol. The molecule has 0 aromatic heterocycles. The molecule has 0 atom stereocenters. The second-order valence-electron chi connectivity index (χ2n) is 4.30. The zero-order valence-corrected chi connectivity index (χ0v) is 9.77. The maximum Gasteiger partial charge on any atom is 0.328 e. The monoisotopic (exact) mass is 234 g/mol. The quantitative estimate of drug-likeness (QED) is 0.798. The molecule has 4 nitrogen and oxygen atoms in total. The lowest BCUT2D eigenvalue weighted by molar-refractivity contribution is -0.180. The van der Waals surface area contributed by atoms with Gasteiger partial charge in [0.05, 0.1) is 6.61 Å². The highest BCUT2D eigenvalue weighted by Crippen LogP contribution is 2.34. The van der Waals surface area contributed by atoms with Gasteiger partial charge in [-0.2, -0.15) is 0 Å². The molecule has 1 aliphatic rings. The molecule has 1 aromatic carbocycles. The van der Waals surface area contributed by atoms with Gasteiger partial charge in [0, 0.05) is 31.1 Å². The van der Waals surface area contributed by atoms with Gasteiger partial charge in [0.25, 0.3) is 0 Å². The molecule has 1 aromatic rings. The summed E-state index contributed by atoms with van der Waals surface area (Å²) in [6.45, 7) is 4.12. The molecular weight excluding hydrogens is 220 g/mol. The third kappa shape index (κ3) is 2.65. The van der Waals surface area contributed by atoms with Gasteiger partial charge in [-0.05, 0) is 6.08 Å². The highest BCUT2D eigenvalue weighted by molar-refractivity contribution is 5.86. The Morgan fingerprint density at radius 2 is 2.24 bits per heavy atom. The molecular formula is C13H14O4. The van der Waals surface area contributed by atoms with E-state index in [9.17, 15) is 4.79 Å². The van der Waals surface area contributed by atoms with Crippen LogP contribution in [0.1, 0.15) is 25.0 Å². The Kier molecular flexibility index (Phi) is 2.90. The molecule has 90 valence electrons. The van der Waals surface area contributed by atoms with Gasteiger partial charge in [-0.15, -0.1) is 0 Å². The SMILES string of the molecule is CC1(C)OCc2cccc(/C=C/C(=O)O)c2O1. The number of hydrogen-bond donors (Lipinski definition) is 1. The van der Waals surface area contributed by atoms with Crippen molar-refractivity contribution >= 4 is 12.0 Å². The van der Waals surface area contributed by atoms with Crippen LogP contribution in [0.4, 0.5) is 0 Å². The van der Waals surface area contributed by atoms with E-state index in [2.05, 4.69) is 0 Å². The van der Waals surface area contributed by atoms with E-state index in [0.29, 0.717) is 12.4 Å². The zero-order valence-electron chi connectivity index (χ0n) is 9.77. The summed E-state index contributed by atoms with van der Waals surface area (Å²) in [7, 11) is 0. The smallest absolute Gasteiger partial charge is 0.328 e. The standard InChI is InChI=1S/C13H14O4/c1-13(2)16-8-10-5-3-4-9(12(10)17-13)6-7-11(14)15/h3-7H,8H2,1-2H3,(H,14,15)/b7-6+. The van der Waals surface area contributed by atoms with Crippen molar-refractivity contribution in [1.29, 1.82) is 0 Å². The number of carbonyl (C=O) groups is 1. The minimum atomic E-state index is -0.978. The highest BCUT2D eigenvalue weighted by atomic mass is 16.7. The van der Waals surface area contributed by atoms with Crippen molar-refractivity contribution < 1.29 is 19.4 Å². The second kappa shape index (κ2) is 4.22.